The maximum atomic E-state index is 12.3. The average Bonchev–Trinajstić information content (AvgIpc) is 2.76. The Kier molecular flexibility index (Phi) is 4.68. The van der Waals surface area contributed by atoms with Gasteiger partial charge in [-0.2, -0.15) is 0 Å². The van der Waals surface area contributed by atoms with Crippen LogP contribution >= 0.6 is 0 Å². The number of nitrogens with zero attached hydrogens (tertiary/aromatic N) is 1. The van der Waals surface area contributed by atoms with Crippen LogP contribution in [0.3, 0.4) is 0 Å². The van der Waals surface area contributed by atoms with Gasteiger partial charge < -0.3 is 15.0 Å². The number of nitrogens with one attached hydrogen (secondary N) is 1. The van der Waals surface area contributed by atoms with Gasteiger partial charge in [-0.3, -0.25) is 4.79 Å². The van der Waals surface area contributed by atoms with E-state index in [9.17, 15) is 4.79 Å². The molecule has 2 N–H and O–H groups in total. The zero-order valence-corrected chi connectivity index (χ0v) is 13.0. The lowest BCUT2D eigenvalue weighted by atomic mass is 9.95. The molecule has 1 aromatic heterocycles. The predicted molar refractivity (Wildman–Crippen MR) is 85.2 cm³/mol. The molecule has 0 aliphatic heterocycles. The SMILES string of the molecule is CCC(C)(CCO)NC(=O)Cn1cc(C)c2ccccc21. The normalized spacial score (nSPS) is 14.1. The van der Waals surface area contributed by atoms with Crippen LogP contribution in [-0.2, 0) is 11.3 Å². The average molecular weight is 288 g/mol. The van der Waals surface area contributed by atoms with E-state index in [2.05, 4.69) is 18.3 Å². The summed E-state index contributed by atoms with van der Waals surface area (Å²) in [6.07, 6.45) is 3.38. The molecule has 0 aliphatic rings. The highest BCUT2D eigenvalue weighted by Crippen LogP contribution is 2.20. The van der Waals surface area contributed by atoms with Gasteiger partial charge in [0, 0.05) is 29.2 Å². The summed E-state index contributed by atoms with van der Waals surface area (Å²) in [6, 6.07) is 8.09. The van der Waals surface area contributed by atoms with Gasteiger partial charge in [-0.1, -0.05) is 25.1 Å². The van der Waals surface area contributed by atoms with Crippen LogP contribution in [0.25, 0.3) is 10.9 Å². The highest BCUT2D eigenvalue weighted by Gasteiger charge is 2.23. The van der Waals surface area contributed by atoms with E-state index >= 15 is 0 Å². The fourth-order valence-corrected chi connectivity index (χ4v) is 2.67. The van der Waals surface area contributed by atoms with Gasteiger partial charge in [0.05, 0.1) is 0 Å². The van der Waals surface area contributed by atoms with Gasteiger partial charge in [0.1, 0.15) is 6.54 Å². The van der Waals surface area contributed by atoms with Gasteiger partial charge in [0.15, 0.2) is 0 Å². The largest absolute Gasteiger partial charge is 0.396 e. The molecule has 0 bridgehead atoms. The van der Waals surface area contributed by atoms with E-state index in [0.717, 1.165) is 11.9 Å². The van der Waals surface area contributed by atoms with E-state index in [0.29, 0.717) is 13.0 Å². The first-order chi connectivity index (χ1) is 9.99. The smallest absolute Gasteiger partial charge is 0.240 e. The zero-order chi connectivity index (χ0) is 15.5. The van der Waals surface area contributed by atoms with Crippen LogP contribution in [0.1, 0.15) is 32.3 Å². The summed E-state index contributed by atoms with van der Waals surface area (Å²) in [5.74, 6) is -0.0199. The van der Waals surface area contributed by atoms with Crippen molar-refractivity contribution in [3.8, 4) is 0 Å². The first-order valence-electron chi connectivity index (χ1n) is 7.45. The third-order valence-corrected chi connectivity index (χ3v) is 4.19. The molecule has 2 rings (SSSR count). The van der Waals surface area contributed by atoms with Gasteiger partial charge in [-0.25, -0.2) is 0 Å². The Morgan fingerprint density at radius 1 is 1.38 bits per heavy atom. The summed E-state index contributed by atoms with van der Waals surface area (Å²) in [4.78, 5) is 12.3. The molecule has 4 nitrogen and oxygen atoms in total. The molecule has 0 saturated carbocycles. The summed E-state index contributed by atoms with van der Waals surface area (Å²) in [6.45, 7) is 6.43. The number of fused-ring (bicyclic) bond motifs is 1. The fraction of sp³-hybridized carbons (Fsp3) is 0.471. The number of amides is 1. The summed E-state index contributed by atoms with van der Waals surface area (Å²) in [5.41, 5.74) is 1.90. The molecular formula is C17H24N2O2. The number of aliphatic hydroxyl groups is 1. The van der Waals surface area contributed by atoms with Crippen molar-refractivity contribution in [2.75, 3.05) is 6.61 Å². The molecule has 21 heavy (non-hydrogen) atoms. The van der Waals surface area contributed by atoms with Crippen molar-refractivity contribution >= 4 is 16.8 Å². The first-order valence-corrected chi connectivity index (χ1v) is 7.45. The van der Waals surface area contributed by atoms with Gasteiger partial charge in [-0.15, -0.1) is 0 Å². The van der Waals surface area contributed by atoms with Crippen LogP contribution in [0.4, 0.5) is 0 Å². The molecule has 1 atom stereocenters. The molecule has 114 valence electrons. The zero-order valence-electron chi connectivity index (χ0n) is 13.0. The molecule has 0 aliphatic carbocycles. The first kappa shape index (κ1) is 15.6. The highest BCUT2D eigenvalue weighted by atomic mass is 16.3. The number of hydrogen-bond donors (Lipinski definition) is 2. The van der Waals surface area contributed by atoms with Crippen LogP contribution in [0, 0.1) is 6.92 Å². The Labute approximate surface area is 125 Å². The Hall–Kier alpha value is -1.81. The fourth-order valence-electron chi connectivity index (χ4n) is 2.67. The molecule has 1 unspecified atom stereocenters. The van der Waals surface area contributed by atoms with Crippen LogP contribution in [-0.4, -0.2) is 27.7 Å². The third kappa shape index (κ3) is 3.45. The van der Waals surface area contributed by atoms with E-state index in [1.807, 2.05) is 42.8 Å². The number of rotatable bonds is 6. The van der Waals surface area contributed by atoms with E-state index in [4.69, 9.17) is 5.11 Å². The van der Waals surface area contributed by atoms with E-state index in [1.165, 1.54) is 10.9 Å². The maximum Gasteiger partial charge on any atom is 0.240 e. The lowest BCUT2D eigenvalue weighted by molar-refractivity contribution is -0.123. The van der Waals surface area contributed by atoms with Crippen molar-refractivity contribution in [3.05, 3.63) is 36.0 Å². The summed E-state index contributed by atoms with van der Waals surface area (Å²) in [7, 11) is 0. The number of aromatic nitrogens is 1. The number of para-hydroxylation sites is 1. The van der Waals surface area contributed by atoms with Gasteiger partial charge in [0.25, 0.3) is 0 Å². The molecule has 2 aromatic rings. The quantitative estimate of drug-likeness (QED) is 0.858. The molecule has 1 amide bonds. The second kappa shape index (κ2) is 6.31. The number of carbonyl (C=O) groups is 1. The minimum atomic E-state index is -0.343. The third-order valence-electron chi connectivity index (χ3n) is 4.19. The highest BCUT2D eigenvalue weighted by molar-refractivity contribution is 5.86. The summed E-state index contributed by atoms with van der Waals surface area (Å²) in [5, 5.41) is 13.3. The number of benzene rings is 1. The Morgan fingerprint density at radius 2 is 2.10 bits per heavy atom. The minimum absolute atomic E-state index is 0.0199. The number of aliphatic hydroxyl groups excluding tert-OH is 1. The Morgan fingerprint density at radius 3 is 2.76 bits per heavy atom. The van der Waals surface area contributed by atoms with Crippen LogP contribution in [0.15, 0.2) is 30.5 Å². The lowest BCUT2D eigenvalue weighted by Crippen LogP contribution is -2.47. The second-order valence-electron chi connectivity index (χ2n) is 5.89. The number of carbonyl (C=O) groups excluding carboxylic acids is 1. The number of aryl methyl sites for hydroxylation is 1. The van der Waals surface area contributed by atoms with E-state index < -0.39 is 0 Å². The molecule has 0 saturated heterocycles. The van der Waals surface area contributed by atoms with Crippen molar-refractivity contribution < 1.29 is 9.90 Å². The standard InChI is InChI=1S/C17H24N2O2/c1-4-17(3,9-10-20)18-16(21)12-19-11-13(2)14-7-5-6-8-15(14)19/h5-8,11,20H,4,9-10,12H2,1-3H3,(H,18,21). The van der Waals surface area contributed by atoms with Crippen molar-refractivity contribution in [1.29, 1.82) is 0 Å². The van der Waals surface area contributed by atoms with Crippen molar-refractivity contribution in [2.24, 2.45) is 0 Å². The van der Waals surface area contributed by atoms with Crippen molar-refractivity contribution in [3.63, 3.8) is 0 Å². The number of hydrogen-bond acceptors (Lipinski definition) is 2. The topological polar surface area (TPSA) is 54.3 Å². The molecule has 1 aromatic carbocycles. The van der Waals surface area contributed by atoms with Crippen molar-refractivity contribution in [2.45, 2.75) is 45.7 Å². The maximum absolute atomic E-state index is 12.3. The summed E-state index contributed by atoms with van der Waals surface area (Å²) >= 11 is 0. The Bertz CT molecular complexity index is 633. The van der Waals surface area contributed by atoms with Crippen molar-refractivity contribution in [1.82, 2.24) is 9.88 Å². The predicted octanol–water partition coefficient (Wildman–Crippen LogP) is 2.62. The molecule has 0 fully saturated rings. The van der Waals surface area contributed by atoms with E-state index in [-0.39, 0.29) is 18.1 Å². The molecule has 0 spiro atoms. The molecular weight excluding hydrogens is 264 g/mol. The van der Waals surface area contributed by atoms with E-state index in [1.54, 1.807) is 0 Å². The lowest BCUT2D eigenvalue weighted by Gasteiger charge is -2.29. The Balaban J connectivity index is 2.15. The van der Waals surface area contributed by atoms with Gasteiger partial charge >= 0.3 is 0 Å². The van der Waals surface area contributed by atoms with Crippen LogP contribution < -0.4 is 5.32 Å². The summed E-state index contributed by atoms with van der Waals surface area (Å²) < 4.78 is 1.98. The van der Waals surface area contributed by atoms with Crippen LogP contribution in [0.5, 0.6) is 0 Å². The minimum Gasteiger partial charge on any atom is -0.396 e. The van der Waals surface area contributed by atoms with Gasteiger partial charge in [-0.05, 0) is 38.3 Å². The second-order valence-corrected chi connectivity index (χ2v) is 5.89. The molecule has 0 radical (unpaired) electrons. The molecule has 4 heteroatoms. The monoisotopic (exact) mass is 288 g/mol. The van der Waals surface area contributed by atoms with Crippen LogP contribution in [0.2, 0.25) is 0 Å². The molecule has 1 heterocycles. The van der Waals surface area contributed by atoms with Gasteiger partial charge in [0.2, 0.25) is 5.91 Å².